The molecule has 4 rings (SSSR count). The Morgan fingerprint density at radius 1 is 1.16 bits per heavy atom. The second-order valence-corrected chi connectivity index (χ2v) is 8.89. The molecule has 0 aliphatic carbocycles. The van der Waals surface area contributed by atoms with E-state index in [9.17, 15) is 4.79 Å². The number of carbonyl (C=O) groups is 1. The number of ether oxygens (including phenoxy) is 2. The maximum Gasteiger partial charge on any atom is 0.410 e. The minimum absolute atomic E-state index is 0.255. The molecule has 32 heavy (non-hydrogen) atoms. The molecule has 0 bridgehead atoms. The number of aromatic nitrogens is 5. The first-order valence-electron chi connectivity index (χ1n) is 10.9. The van der Waals surface area contributed by atoms with E-state index in [1.807, 2.05) is 54.5 Å². The average Bonchev–Trinajstić information content (AvgIpc) is 3.31. The fourth-order valence-corrected chi connectivity index (χ4v) is 3.71. The third-order valence-corrected chi connectivity index (χ3v) is 5.28. The summed E-state index contributed by atoms with van der Waals surface area (Å²) in [5.41, 5.74) is 1.27. The highest BCUT2D eigenvalue weighted by Crippen LogP contribution is 2.22. The summed E-state index contributed by atoms with van der Waals surface area (Å²) in [4.78, 5) is 25.7. The topological polar surface area (TPSA) is 90.0 Å². The van der Waals surface area contributed by atoms with Crippen LogP contribution in [0.1, 0.15) is 27.2 Å². The zero-order chi connectivity index (χ0) is 22.7. The van der Waals surface area contributed by atoms with Gasteiger partial charge in [0, 0.05) is 51.2 Å². The van der Waals surface area contributed by atoms with E-state index in [1.165, 1.54) is 0 Å². The Morgan fingerprint density at radius 3 is 2.78 bits per heavy atom. The summed E-state index contributed by atoms with van der Waals surface area (Å²) in [7, 11) is 1.68. The van der Waals surface area contributed by atoms with Crippen LogP contribution in [0, 0.1) is 0 Å². The molecule has 0 N–H and O–H groups in total. The Hall–Kier alpha value is -3.14. The molecule has 0 aromatic carbocycles. The van der Waals surface area contributed by atoms with Gasteiger partial charge in [-0.25, -0.2) is 14.8 Å². The molecule has 0 spiro atoms. The molecule has 10 heteroatoms. The lowest BCUT2D eigenvalue weighted by atomic mass is 10.2. The predicted molar refractivity (Wildman–Crippen MR) is 121 cm³/mol. The molecular weight excluding hydrogens is 410 g/mol. The maximum absolute atomic E-state index is 12.4. The van der Waals surface area contributed by atoms with Gasteiger partial charge in [0.1, 0.15) is 11.4 Å². The number of fused-ring (bicyclic) bond motifs is 1. The molecule has 172 valence electrons. The lowest BCUT2D eigenvalue weighted by molar-refractivity contribution is 0.0263. The van der Waals surface area contributed by atoms with E-state index in [2.05, 4.69) is 15.0 Å². The van der Waals surface area contributed by atoms with Gasteiger partial charge in [-0.1, -0.05) is 0 Å². The minimum Gasteiger partial charge on any atom is -0.444 e. The average molecular weight is 442 g/mol. The van der Waals surface area contributed by atoms with Crippen LogP contribution in [0.3, 0.4) is 0 Å². The first-order chi connectivity index (χ1) is 15.3. The Bertz CT molecular complexity index is 1070. The van der Waals surface area contributed by atoms with Gasteiger partial charge in [-0.15, -0.1) is 0 Å². The van der Waals surface area contributed by atoms with E-state index < -0.39 is 5.60 Å². The summed E-state index contributed by atoms with van der Waals surface area (Å²) in [6.07, 6.45) is 8.20. The number of imidazole rings is 1. The van der Waals surface area contributed by atoms with Crippen molar-refractivity contribution in [3.05, 3.63) is 30.9 Å². The Morgan fingerprint density at radius 2 is 2.00 bits per heavy atom. The monoisotopic (exact) mass is 441 g/mol. The van der Waals surface area contributed by atoms with Gasteiger partial charge in [0.05, 0.1) is 31.2 Å². The Kier molecular flexibility index (Phi) is 6.31. The highest BCUT2D eigenvalue weighted by molar-refractivity contribution is 5.68. The van der Waals surface area contributed by atoms with Crippen LogP contribution in [0.4, 0.5) is 10.6 Å². The maximum atomic E-state index is 12.4. The van der Waals surface area contributed by atoms with Crippen molar-refractivity contribution in [1.82, 2.24) is 29.0 Å². The molecule has 3 aromatic rings. The Labute approximate surface area is 187 Å². The third kappa shape index (κ3) is 5.01. The van der Waals surface area contributed by atoms with Crippen molar-refractivity contribution >= 4 is 17.7 Å². The summed E-state index contributed by atoms with van der Waals surface area (Å²) >= 11 is 0. The van der Waals surface area contributed by atoms with Crippen molar-refractivity contribution in [3.8, 4) is 11.3 Å². The van der Waals surface area contributed by atoms with Gasteiger partial charge in [-0.05, 0) is 33.3 Å². The third-order valence-electron chi connectivity index (χ3n) is 5.28. The van der Waals surface area contributed by atoms with E-state index in [0.29, 0.717) is 38.6 Å². The summed E-state index contributed by atoms with van der Waals surface area (Å²) < 4.78 is 14.5. The van der Waals surface area contributed by atoms with Gasteiger partial charge >= 0.3 is 6.09 Å². The summed E-state index contributed by atoms with van der Waals surface area (Å²) in [6.45, 7) is 9.80. The Balaban J connectivity index is 1.47. The highest BCUT2D eigenvalue weighted by atomic mass is 16.6. The molecule has 1 fully saturated rings. The molecule has 1 amide bonds. The van der Waals surface area contributed by atoms with Crippen LogP contribution < -0.4 is 4.90 Å². The second-order valence-electron chi connectivity index (χ2n) is 8.89. The molecule has 0 radical (unpaired) electrons. The highest BCUT2D eigenvalue weighted by Gasteiger charge is 2.25. The van der Waals surface area contributed by atoms with Crippen LogP contribution in [-0.2, 0) is 16.0 Å². The largest absolute Gasteiger partial charge is 0.444 e. The van der Waals surface area contributed by atoms with Crippen LogP contribution in [-0.4, -0.2) is 80.6 Å². The zero-order valence-corrected chi connectivity index (χ0v) is 19.2. The van der Waals surface area contributed by atoms with E-state index in [1.54, 1.807) is 18.2 Å². The number of methoxy groups -OCH3 is 1. The SMILES string of the molecule is COCCn1cc(-c2ccn3c(N4CCCN(C(=O)OC(C)(C)C)CC4)cnc3n2)cn1. The quantitative estimate of drug-likeness (QED) is 0.601. The van der Waals surface area contributed by atoms with Crippen LogP contribution in [0.15, 0.2) is 30.9 Å². The minimum atomic E-state index is -0.492. The summed E-state index contributed by atoms with van der Waals surface area (Å²) in [5, 5.41) is 4.36. The summed E-state index contributed by atoms with van der Waals surface area (Å²) in [5.74, 6) is 1.61. The van der Waals surface area contributed by atoms with Gasteiger partial charge in [0.25, 0.3) is 0 Å². The summed E-state index contributed by atoms with van der Waals surface area (Å²) in [6, 6.07) is 1.97. The number of anilines is 1. The lowest BCUT2D eigenvalue weighted by Crippen LogP contribution is -2.39. The number of carbonyl (C=O) groups excluding carboxylic acids is 1. The fourth-order valence-electron chi connectivity index (χ4n) is 3.71. The first kappa shape index (κ1) is 22.1. The molecular formula is C22H31N7O3. The molecule has 3 aromatic heterocycles. The number of amides is 1. The molecule has 0 unspecified atom stereocenters. The molecule has 0 saturated carbocycles. The molecule has 1 aliphatic rings. The molecule has 0 atom stereocenters. The van der Waals surface area contributed by atoms with Crippen molar-refractivity contribution in [2.24, 2.45) is 0 Å². The van der Waals surface area contributed by atoms with E-state index in [0.717, 1.165) is 30.0 Å². The van der Waals surface area contributed by atoms with Crippen LogP contribution in [0.2, 0.25) is 0 Å². The molecule has 1 saturated heterocycles. The second kappa shape index (κ2) is 9.15. The van der Waals surface area contributed by atoms with Crippen LogP contribution in [0.5, 0.6) is 0 Å². The predicted octanol–water partition coefficient (Wildman–Crippen LogP) is 2.69. The van der Waals surface area contributed by atoms with Gasteiger partial charge in [0.15, 0.2) is 0 Å². The fraction of sp³-hybridized carbons (Fsp3) is 0.545. The zero-order valence-electron chi connectivity index (χ0n) is 19.2. The smallest absolute Gasteiger partial charge is 0.410 e. The normalized spacial score (nSPS) is 15.2. The standard InChI is InChI=1S/C22H31N7O3/c1-22(2,3)32-21(30)27-8-5-7-26(10-11-27)19-15-23-20-25-18(6-9-29(19)20)17-14-24-28(16-17)12-13-31-4/h6,9,14-16H,5,7-8,10-13H2,1-4H3. The van der Waals surface area contributed by atoms with Crippen molar-refractivity contribution in [2.45, 2.75) is 39.3 Å². The van der Waals surface area contributed by atoms with E-state index in [4.69, 9.17) is 14.5 Å². The number of hydrogen-bond donors (Lipinski definition) is 0. The van der Waals surface area contributed by atoms with Gasteiger partial charge in [0.2, 0.25) is 5.78 Å². The van der Waals surface area contributed by atoms with Crippen molar-refractivity contribution in [2.75, 3.05) is 44.8 Å². The van der Waals surface area contributed by atoms with Gasteiger partial charge in [-0.2, -0.15) is 5.10 Å². The number of hydrogen-bond acceptors (Lipinski definition) is 7. The van der Waals surface area contributed by atoms with Crippen molar-refractivity contribution < 1.29 is 14.3 Å². The van der Waals surface area contributed by atoms with E-state index in [-0.39, 0.29) is 6.09 Å². The van der Waals surface area contributed by atoms with Crippen molar-refractivity contribution in [3.63, 3.8) is 0 Å². The van der Waals surface area contributed by atoms with Crippen LogP contribution >= 0.6 is 0 Å². The molecule has 4 heterocycles. The van der Waals surface area contributed by atoms with E-state index >= 15 is 0 Å². The first-order valence-corrected chi connectivity index (χ1v) is 10.9. The van der Waals surface area contributed by atoms with Gasteiger partial charge in [-0.3, -0.25) is 9.08 Å². The molecule has 10 nitrogen and oxygen atoms in total. The number of rotatable bonds is 5. The van der Waals surface area contributed by atoms with Gasteiger partial charge < -0.3 is 19.3 Å². The van der Waals surface area contributed by atoms with Crippen LogP contribution in [0.25, 0.3) is 17.0 Å². The lowest BCUT2D eigenvalue weighted by Gasteiger charge is -2.26. The molecule has 1 aliphatic heterocycles. The van der Waals surface area contributed by atoms with Crippen molar-refractivity contribution in [1.29, 1.82) is 0 Å². The number of nitrogens with zero attached hydrogens (tertiary/aromatic N) is 7.